The highest BCUT2D eigenvalue weighted by Crippen LogP contribution is 2.35. The molecule has 34 heavy (non-hydrogen) atoms. The maximum Gasteiger partial charge on any atom is 0.140 e. The van der Waals surface area contributed by atoms with Crippen LogP contribution in [0.15, 0.2) is 127 Å². The molecule has 4 aromatic carbocycles. The monoisotopic (exact) mass is 441 g/mol. The van der Waals surface area contributed by atoms with Gasteiger partial charge < -0.3 is 4.90 Å². The highest BCUT2D eigenvalue weighted by molar-refractivity contribution is 5.77. The van der Waals surface area contributed by atoms with Gasteiger partial charge in [-0.25, -0.2) is 4.98 Å². The van der Waals surface area contributed by atoms with Crippen LogP contribution < -0.4 is 9.80 Å². The number of hydrogen-bond acceptors (Lipinski definition) is 3. The Labute approximate surface area is 201 Å². The molecule has 0 fully saturated rings. The van der Waals surface area contributed by atoms with Crippen LogP contribution in [0.5, 0.6) is 0 Å². The normalized spacial score (nSPS) is 10.6. The molecule has 0 saturated heterocycles. The lowest BCUT2D eigenvalue weighted by Gasteiger charge is -2.26. The van der Waals surface area contributed by atoms with E-state index in [1.165, 1.54) is 16.7 Å². The van der Waals surface area contributed by atoms with Crippen LogP contribution in [0, 0.1) is 6.92 Å². The second kappa shape index (κ2) is 9.63. The molecule has 0 radical (unpaired) electrons. The number of aromatic nitrogens is 1. The van der Waals surface area contributed by atoms with Gasteiger partial charge in [0.1, 0.15) is 11.6 Å². The predicted octanol–water partition coefficient (Wildman–Crippen LogP) is 8.29. The first-order valence-corrected chi connectivity index (χ1v) is 11.5. The van der Waals surface area contributed by atoms with E-state index in [-0.39, 0.29) is 0 Å². The first kappa shape index (κ1) is 21.5. The summed E-state index contributed by atoms with van der Waals surface area (Å²) in [4.78, 5) is 9.34. The van der Waals surface area contributed by atoms with Gasteiger partial charge in [0, 0.05) is 24.1 Å². The van der Waals surface area contributed by atoms with Crippen molar-refractivity contribution in [2.45, 2.75) is 6.92 Å². The Hall–Kier alpha value is -4.37. The Morgan fingerprint density at radius 3 is 1.59 bits per heavy atom. The minimum atomic E-state index is 0.870. The van der Waals surface area contributed by atoms with Gasteiger partial charge in [0.25, 0.3) is 0 Å². The molecule has 5 aromatic rings. The number of benzene rings is 4. The number of rotatable bonds is 6. The lowest BCUT2D eigenvalue weighted by atomic mass is 10.0. The average molecular weight is 442 g/mol. The summed E-state index contributed by atoms with van der Waals surface area (Å²) in [5.74, 6) is 1.76. The fourth-order valence-electron chi connectivity index (χ4n) is 4.05. The Balaban J connectivity index is 1.53. The lowest BCUT2D eigenvalue weighted by Crippen LogP contribution is -2.15. The Bertz CT molecular complexity index is 1350. The summed E-state index contributed by atoms with van der Waals surface area (Å²) < 4.78 is 0. The van der Waals surface area contributed by atoms with Crippen molar-refractivity contribution in [2.24, 2.45) is 0 Å². The van der Waals surface area contributed by atoms with Crippen molar-refractivity contribution in [3.63, 3.8) is 0 Å². The maximum atomic E-state index is 5.04. The summed E-state index contributed by atoms with van der Waals surface area (Å²) in [6.45, 7) is 2.11. The molecule has 0 aliphatic heterocycles. The first-order valence-electron chi connectivity index (χ1n) is 11.5. The van der Waals surface area contributed by atoms with Crippen LogP contribution in [-0.4, -0.2) is 12.0 Å². The van der Waals surface area contributed by atoms with Crippen molar-refractivity contribution in [3.05, 3.63) is 133 Å². The number of anilines is 5. The maximum absolute atomic E-state index is 5.04. The summed E-state index contributed by atoms with van der Waals surface area (Å²) in [5.41, 5.74) is 6.91. The fourth-order valence-corrected chi connectivity index (χ4v) is 4.05. The van der Waals surface area contributed by atoms with Crippen LogP contribution in [0.3, 0.4) is 0 Å². The second-order valence-electron chi connectivity index (χ2n) is 8.33. The number of nitrogens with zero attached hydrogens (tertiary/aromatic N) is 3. The summed E-state index contributed by atoms with van der Waals surface area (Å²) in [5, 5.41) is 0. The van der Waals surface area contributed by atoms with E-state index in [0.29, 0.717) is 0 Å². The van der Waals surface area contributed by atoms with E-state index in [0.717, 1.165) is 28.7 Å². The lowest BCUT2D eigenvalue weighted by molar-refractivity contribution is 1.10. The molecule has 5 rings (SSSR count). The Morgan fingerprint density at radius 2 is 0.971 bits per heavy atom. The summed E-state index contributed by atoms with van der Waals surface area (Å²) >= 11 is 0. The third-order valence-corrected chi connectivity index (χ3v) is 5.96. The van der Waals surface area contributed by atoms with Crippen LogP contribution in [0.1, 0.15) is 5.56 Å². The number of para-hydroxylation sites is 2. The van der Waals surface area contributed by atoms with Crippen molar-refractivity contribution < 1.29 is 0 Å². The minimum absolute atomic E-state index is 0.870. The third-order valence-electron chi connectivity index (χ3n) is 5.96. The van der Waals surface area contributed by atoms with Gasteiger partial charge in [0.2, 0.25) is 0 Å². The molecule has 0 bridgehead atoms. The molecule has 0 saturated carbocycles. The molecule has 0 unspecified atom stereocenters. The van der Waals surface area contributed by atoms with Crippen molar-refractivity contribution in [1.29, 1.82) is 0 Å². The summed E-state index contributed by atoms with van der Waals surface area (Å²) in [7, 11) is 2.05. The topological polar surface area (TPSA) is 19.4 Å². The van der Waals surface area contributed by atoms with E-state index >= 15 is 0 Å². The molecule has 0 atom stereocenters. The van der Waals surface area contributed by atoms with Gasteiger partial charge in [0.15, 0.2) is 0 Å². The smallest absolute Gasteiger partial charge is 0.140 e. The van der Waals surface area contributed by atoms with Gasteiger partial charge in [-0.3, -0.25) is 4.90 Å². The zero-order valence-corrected chi connectivity index (χ0v) is 19.5. The Kier molecular flexibility index (Phi) is 6.09. The van der Waals surface area contributed by atoms with Crippen molar-refractivity contribution >= 4 is 28.7 Å². The quantitative estimate of drug-likeness (QED) is 0.264. The highest BCUT2D eigenvalue weighted by atomic mass is 15.2. The Morgan fingerprint density at radius 1 is 0.471 bits per heavy atom. The van der Waals surface area contributed by atoms with Gasteiger partial charge in [-0.05, 0) is 66.6 Å². The SMILES string of the molecule is Cc1ccc(-c2ccc(N(c3ccccc3)c3cccc(N(C)c4ccccc4)n3)cc2)cc1. The van der Waals surface area contributed by atoms with Crippen LogP contribution in [0.4, 0.5) is 28.7 Å². The highest BCUT2D eigenvalue weighted by Gasteiger charge is 2.15. The predicted molar refractivity (Wildman–Crippen MR) is 144 cm³/mol. The third kappa shape index (κ3) is 4.55. The minimum Gasteiger partial charge on any atom is -0.329 e. The standard InChI is InChI=1S/C31H27N3/c1-24-16-18-25(19-17-24)26-20-22-29(23-21-26)34(28-12-7-4-8-13-28)31-15-9-14-30(32-31)33(2)27-10-5-3-6-11-27/h3-23H,1-2H3. The summed E-state index contributed by atoms with van der Waals surface area (Å²) in [6, 6.07) is 44.2. The van der Waals surface area contributed by atoms with Crippen LogP contribution >= 0.6 is 0 Å². The molecule has 0 amide bonds. The molecule has 1 aromatic heterocycles. The van der Waals surface area contributed by atoms with Gasteiger partial charge in [-0.15, -0.1) is 0 Å². The van der Waals surface area contributed by atoms with Gasteiger partial charge >= 0.3 is 0 Å². The molecule has 0 N–H and O–H groups in total. The zero-order valence-electron chi connectivity index (χ0n) is 19.5. The molecule has 0 aliphatic carbocycles. The van der Waals surface area contributed by atoms with Crippen LogP contribution in [0.25, 0.3) is 11.1 Å². The van der Waals surface area contributed by atoms with E-state index in [9.17, 15) is 0 Å². The molecule has 3 nitrogen and oxygen atoms in total. The second-order valence-corrected chi connectivity index (χ2v) is 8.33. The van der Waals surface area contributed by atoms with Crippen molar-refractivity contribution in [2.75, 3.05) is 16.8 Å². The molecular formula is C31H27N3. The van der Waals surface area contributed by atoms with E-state index in [1.54, 1.807) is 0 Å². The average Bonchev–Trinajstić information content (AvgIpc) is 2.91. The zero-order chi connectivity index (χ0) is 23.3. The van der Waals surface area contributed by atoms with E-state index in [4.69, 9.17) is 4.98 Å². The fraction of sp³-hybridized carbons (Fsp3) is 0.0645. The van der Waals surface area contributed by atoms with Crippen LogP contribution in [-0.2, 0) is 0 Å². The molecule has 0 spiro atoms. The molecule has 3 heteroatoms. The molecule has 0 aliphatic rings. The van der Waals surface area contributed by atoms with Gasteiger partial charge in [0.05, 0.1) is 0 Å². The van der Waals surface area contributed by atoms with E-state index in [1.807, 2.05) is 37.4 Å². The number of hydrogen-bond donors (Lipinski definition) is 0. The molecular weight excluding hydrogens is 414 g/mol. The number of pyridine rings is 1. The first-order chi connectivity index (χ1) is 16.7. The molecule has 166 valence electrons. The largest absolute Gasteiger partial charge is 0.329 e. The van der Waals surface area contributed by atoms with E-state index in [2.05, 4.69) is 114 Å². The van der Waals surface area contributed by atoms with E-state index < -0.39 is 0 Å². The van der Waals surface area contributed by atoms with Crippen molar-refractivity contribution in [3.8, 4) is 11.1 Å². The number of aryl methyl sites for hydroxylation is 1. The van der Waals surface area contributed by atoms with Gasteiger partial charge in [-0.1, -0.05) is 84.4 Å². The molecule has 1 heterocycles. The van der Waals surface area contributed by atoms with Crippen LogP contribution in [0.2, 0.25) is 0 Å². The van der Waals surface area contributed by atoms with Crippen molar-refractivity contribution in [1.82, 2.24) is 4.98 Å². The summed E-state index contributed by atoms with van der Waals surface area (Å²) in [6.07, 6.45) is 0. The van der Waals surface area contributed by atoms with Gasteiger partial charge in [-0.2, -0.15) is 0 Å².